The van der Waals surface area contributed by atoms with Gasteiger partial charge in [0.05, 0.1) is 5.75 Å². The third-order valence-electron chi connectivity index (χ3n) is 3.69. The topological polar surface area (TPSA) is 46.2 Å². The highest BCUT2D eigenvalue weighted by Crippen LogP contribution is 2.28. The van der Waals surface area contributed by atoms with Crippen molar-refractivity contribution in [1.82, 2.24) is 5.32 Å². The third kappa shape index (κ3) is 4.05. The van der Waals surface area contributed by atoms with Crippen molar-refractivity contribution in [3.05, 3.63) is 33.9 Å². The molecule has 0 aliphatic rings. The van der Waals surface area contributed by atoms with Gasteiger partial charge in [0.15, 0.2) is 0 Å². The molecule has 0 fully saturated rings. The minimum absolute atomic E-state index is 0.126. The van der Waals surface area contributed by atoms with E-state index in [-0.39, 0.29) is 11.8 Å². The normalized spacial score (nSPS) is 13.6. The molecule has 3 nitrogen and oxygen atoms in total. The first-order valence-corrected chi connectivity index (χ1v) is 8.71. The molecule has 1 unspecified atom stereocenters. The van der Waals surface area contributed by atoms with Gasteiger partial charge in [-0.1, -0.05) is 13.0 Å². The van der Waals surface area contributed by atoms with E-state index in [0.717, 1.165) is 12.1 Å². The lowest BCUT2D eigenvalue weighted by atomic mass is 9.90. The van der Waals surface area contributed by atoms with Gasteiger partial charge in [0.25, 0.3) is 0 Å². The summed E-state index contributed by atoms with van der Waals surface area (Å²) in [6.07, 6.45) is 1.30. The Labute approximate surface area is 117 Å². The van der Waals surface area contributed by atoms with Gasteiger partial charge in [-0.2, -0.15) is 0 Å². The summed E-state index contributed by atoms with van der Waals surface area (Å²) < 4.78 is 23.3. The molecule has 108 valence electrons. The van der Waals surface area contributed by atoms with E-state index in [1.165, 1.54) is 28.5 Å². The predicted octanol–water partition coefficient (Wildman–Crippen LogP) is 2.62. The molecule has 1 N–H and O–H groups in total. The summed E-state index contributed by atoms with van der Waals surface area (Å²) >= 11 is 0. The Morgan fingerprint density at radius 1 is 1.11 bits per heavy atom. The summed E-state index contributed by atoms with van der Waals surface area (Å²) in [5.41, 5.74) is 5.96. The minimum atomic E-state index is -3.02. The van der Waals surface area contributed by atoms with Crippen molar-refractivity contribution in [2.45, 2.75) is 40.7 Å². The molecule has 1 aromatic carbocycles. The van der Waals surface area contributed by atoms with Gasteiger partial charge >= 0.3 is 0 Å². The van der Waals surface area contributed by atoms with Crippen molar-refractivity contribution >= 4 is 9.84 Å². The fourth-order valence-electron chi connectivity index (χ4n) is 2.56. The molecule has 0 spiro atoms. The first kappa shape index (κ1) is 16.2. The molecule has 0 amide bonds. The number of hydrogen-bond acceptors (Lipinski definition) is 3. The quantitative estimate of drug-likeness (QED) is 0.903. The van der Waals surface area contributed by atoms with E-state index < -0.39 is 9.84 Å². The monoisotopic (exact) mass is 283 g/mol. The van der Waals surface area contributed by atoms with Gasteiger partial charge < -0.3 is 5.32 Å². The van der Waals surface area contributed by atoms with Crippen LogP contribution < -0.4 is 5.32 Å². The second-order valence-electron chi connectivity index (χ2n) is 5.38. The number of nitrogens with one attached hydrogen (secondary N) is 1. The average molecular weight is 283 g/mol. The molecule has 1 aromatic rings. The molecule has 0 heterocycles. The van der Waals surface area contributed by atoms with Crippen LogP contribution in [0.15, 0.2) is 6.07 Å². The largest absolute Gasteiger partial charge is 0.309 e. The van der Waals surface area contributed by atoms with E-state index in [0.29, 0.717) is 0 Å². The van der Waals surface area contributed by atoms with Crippen LogP contribution in [0.2, 0.25) is 0 Å². The van der Waals surface area contributed by atoms with Gasteiger partial charge in [-0.3, -0.25) is 0 Å². The van der Waals surface area contributed by atoms with Gasteiger partial charge in [-0.05, 0) is 62.1 Å². The fraction of sp³-hybridized carbons (Fsp3) is 0.600. The van der Waals surface area contributed by atoms with E-state index in [2.05, 4.69) is 39.1 Å². The Bertz CT molecular complexity index is 536. The van der Waals surface area contributed by atoms with Gasteiger partial charge in [0, 0.05) is 12.3 Å². The highest BCUT2D eigenvalue weighted by Gasteiger charge is 2.21. The van der Waals surface area contributed by atoms with Crippen LogP contribution in [0, 0.1) is 27.7 Å². The van der Waals surface area contributed by atoms with Crippen LogP contribution in [0.4, 0.5) is 0 Å². The van der Waals surface area contributed by atoms with E-state index in [1.807, 2.05) is 6.92 Å². The van der Waals surface area contributed by atoms with Gasteiger partial charge in [0.1, 0.15) is 9.84 Å². The number of rotatable bonds is 5. The van der Waals surface area contributed by atoms with Crippen LogP contribution in [0.3, 0.4) is 0 Å². The summed E-state index contributed by atoms with van der Waals surface area (Å²) in [6, 6.07) is 2.04. The zero-order valence-corrected chi connectivity index (χ0v) is 13.6. The Kier molecular flexibility index (Phi) is 5.16. The predicted molar refractivity (Wildman–Crippen MR) is 81.5 cm³/mol. The Morgan fingerprint density at radius 2 is 1.58 bits per heavy atom. The molecule has 0 aromatic heterocycles. The van der Waals surface area contributed by atoms with Crippen LogP contribution in [0.25, 0.3) is 0 Å². The highest BCUT2D eigenvalue weighted by atomic mass is 32.2. The number of aryl methyl sites for hydroxylation is 2. The number of hydrogen-bond donors (Lipinski definition) is 1. The van der Waals surface area contributed by atoms with Crippen LogP contribution in [0.1, 0.15) is 40.8 Å². The average Bonchev–Trinajstić information content (AvgIpc) is 2.25. The van der Waals surface area contributed by atoms with E-state index in [1.54, 1.807) is 0 Å². The van der Waals surface area contributed by atoms with Crippen molar-refractivity contribution in [3.63, 3.8) is 0 Å². The van der Waals surface area contributed by atoms with Crippen LogP contribution in [-0.2, 0) is 9.84 Å². The van der Waals surface area contributed by atoms with Gasteiger partial charge in [-0.25, -0.2) is 8.42 Å². The highest BCUT2D eigenvalue weighted by molar-refractivity contribution is 7.90. The van der Waals surface area contributed by atoms with Crippen molar-refractivity contribution in [2.75, 3.05) is 18.6 Å². The molecule has 1 rings (SSSR count). The zero-order chi connectivity index (χ0) is 14.8. The van der Waals surface area contributed by atoms with Crippen LogP contribution in [0.5, 0.6) is 0 Å². The van der Waals surface area contributed by atoms with E-state index in [4.69, 9.17) is 0 Å². The van der Waals surface area contributed by atoms with Crippen molar-refractivity contribution < 1.29 is 8.42 Å². The molecule has 19 heavy (non-hydrogen) atoms. The number of sulfone groups is 1. The smallest absolute Gasteiger partial charge is 0.149 e. The van der Waals surface area contributed by atoms with Gasteiger partial charge in [0.2, 0.25) is 0 Å². The van der Waals surface area contributed by atoms with Crippen molar-refractivity contribution in [2.24, 2.45) is 0 Å². The SMILES string of the molecule is CCNC(CS(C)(=O)=O)c1c(C)c(C)cc(C)c1C. The van der Waals surface area contributed by atoms with E-state index in [9.17, 15) is 8.42 Å². The zero-order valence-electron chi connectivity index (χ0n) is 12.8. The third-order valence-corrected chi connectivity index (χ3v) is 4.63. The first-order chi connectivity index (χ1) is 8.67. The van der Waals surface area contributed by atoms with Crippen LogP contribution >= 0.6 is 0 Å². The molecule has 0 bridgehead atoms. The summed E-state index contributed by atoms with van der Waals surface area (Å²) in [7, 11) is -3.02. The lowest BCUT2D eigenvalue weighted by molar-refractivity contribution is 0.560. The minimum Gasteiger partial charge on any atom is -0.309 e. The number of benzene rings is 1. The second-order valence-corrected chi connectivity index (χ2v) is 7.56. The second kappa shape index (κ2) is 6.06. The summed E-state index contributed by atoms with van der Waals surface area (Å²) in [5.74, 6) is 0.144. The molecular weight excluding hydrogens is 258 g/mol. The van der Waals surface area contributed by atoms with Crippen molar-refractivity contribution in [1.29, 1.82) is 0 Å². The maximum Gasteiger partial charge on any atom is 0.149 e. The molecular formula is C15H25NO2S. The standard InChI is InChI=1S/C15H25NO2S/c1-7-16-14(9-19(6,17)18)15-12(4)10(2)8-11(3)13(15)5/h8,14,16H,7,9H2,1-6H3. The molecule has 0 saturated carbocycles. The Hall–Kier alpha value is -0.870. The summed E-state index contributed by atoms with van der Waals surface area (Å²) in [6.45, 7) is 11.1. The Balaban J connectivity index is 3.37. The van der Waals surface area contributed by atoms with Gasteiger partial charge in [-0.15, -0.1) is 0 Å². The summed E-state index contributed by atoms with van der Waals surface area (Å²) in [4.78, 5) is 0. The Morgan fingerprint density at radius 3 is 1.95 bits per heavy atom. The van der Waals surface area contributed by atoms with E-state index >= 15 is 0 Å². The lowest BCUT2D eigenvalue weighted by Gasteiger charge is -2.24. The van der Waals surface area contributed by atoms with Crippen LogP contribution in [-0.4, -0.2) is 27.0 Å². The molecule has 4 heteroatoms. The van der Waals surface area contributed by atoms with Crippen molar-refractivity contribution in [3.8, 4) is 0 Å². The molecule has 0 aliphatic carbocycles. The molecule has 0 aliphatic heterocycles. The lowest BCUT2D eigenvalue weighted by Crippen LogP contribution is -2.29. The molecule has 1 atom stereocenters. The summed E-state index contributed by atoms with van der Waals surface area (Å²) in [5, 5.41) is 3.31. The molecule has 0 radical (unpaired) electrons. The fourth-order valence-corrected chi connectivity index (χ4v) is 3.45. The maximum absolute atomic E-state index is 11.6. The maximum atomic E-state index is 11.6. The molecule has 0 saturated heterocycles. The first-order valence-electron chi connectivity index (χ1n) is 6.65.